The van der Waals surface area contributed by atoms with Crippen molar-refractivity contribution in [1.29, 1.82) is 15.8 Å². The quantitative estimate of drug-likeness (QED) is 0.655. The molecule has 5 nitrogen and oxygen atoms in total. The molecule has 0 aliphatic rings. The maximum absolute atomic E-state index is 8.67. The van der Waals surface area contributed by atoms with Gasteiger partial charge in [0.1, 0.15) is 12.1 Å². The molecule has 1 N–H and O–H groups in total. The third kappa shape index (κ3) is 3.09. The number of hydrazone groups is 1. The lowest BCUT2D eigenvalue weighted by Crippen LogP contribution is -1.98. The Morgan fingerprint density at radius 1 is 1.12 bits per heavy atom. The fourth-order valence-electron chi connectivity index (χ4n) is 0.931. The number of nitrogens with zero attached hydrogens (tertiary/aromatic N) is 4. The van der Waals surface area contributed by atoms with Gasteiger partial charge in [0.2, 0.25) is 5.71 Å². The van der Waals surface area contributed by atoms with Crippen LogP contribution in [0.15, 0.2) is 17.2 Å². The largest absolute Gasteiger partial charge is 0.273 e. The van der Waals surface area contributed by atoms with Crippen molar-refractivity contribution >= 4 is 34.6 Å². The molecular weight excluding hydrogens is 261 g/mol. The molecule has 0 heterocycles. The van der Waals surface area contributed by atoms with Crippen LogP contribution in [0.25, 0.3) is 0 Å². The highest BCUT2D eigenvalue weighted by Crippen LogP contribution is 2.31. The number of hydrogen-bond donors (Lipinski definition) is 1. The predicted octanol–water partition coefficient (Wildman–Crippen LogP) is 2.68. The van der Waals surface area contributed by atoms with Crippen LogP contribution in [-0.4, -0.2) is 5.71 Å². The molecule has 82 valence electrons. The number of rotatable bonds is 2. The third-order valence-corrected chi connectivity index (χ3v) is 2.26. The normalized spacial score (nSPS) is 8.41. The fraction of sp³-hybridized carbons (Fsp3) is 0. The van der Waals surface area contributed by atoms with E-state index < -0.39 is 0 Å². The van der Waals surface area contributed by atoms with Gasteiger partial charge in [-0.3, -0.25) is 5.43 Å². The summed E-state index contributed by atoms with van der Waals surface area (Å²) in [4.78, 5) is 0. The van der Waals surface area contributed by atoms with Crippen molar-refractivity contribution in [3.05, 3.63) is 27.7 Å². The van der Waals surface area contributed by atoms with Crippen LogP contribution in [-0.2, 0) is 0 Å². The molecule has 0 saturated carbocycles. The average Bonchev–Trinajstić information content (AvgIpc) is 2.32. The highest BCUT2D eigenvalue weighted by Gasteiger charge is 2.08. The van der Waals surface area contributed by atoms with Gasteiger partial charge in [0.25, 0.3) is 0 Å². The molecule has 1 aromatic rings. The highest BCUT2D eigenvalue weighted by atomic mass is 35.5. The summed E-state index contributed by atoms with van der Waals surface area (Å²) in [6.45, 7) is 0. The number of nitrogens with one attached hydrogen (secondary N) is 1. The number of halogens is 2. The van der Waals surface area contributed by atoms with Gasteiger partial charge >= 0.3 is 0 Å². The minimum Gasteiger partial charge on any atom is -0.273 e. The van der Waals surface area contributed by atoms with Crippen molar-refractivity contribution in [2.24, 2.45) is 5.10 Å². The minimum atomic E-state index is -0.360. The van der Waals surface area contributed by atoms with Gasteiger partial charge < -0.3 is 0 Å². The van der Waals surface area contributed by atoms with Crippen molar-refractivity contribution in [2.45, 2.75) is 0 Å². The molecule has 0 fully saturated rings. The number of nitriles is 3. The Morgan fingerprint density at radius 2 is 1.65 bits per heavy atom. The lowest BCUT2D eigenvalue weighted by Gasteiger charge is -2.05. The zero-order chi connectivity index (χ0) is 12.8. The topological polar surface area (TPSA) is 95.8 Å². The van der Waals surface area contributed by atoms with E-state index in [9.17, 15) is 0 Å². The van der Waals surface area contributed by atoms with Crippen molar-refractivity contribution in [2.75, 3.05) is 5.43 Å². The van der Waals surface area contributed by atoms with E-state index in [0.717, 1.165) is 0 Å². The summed E-state index contributed by atoms with van der Waals surface area (Å²) >= 11 is 11.7. The maximum Gasteiger partial charge on any atom is 0.237 e. The van der Waals surface area contributed by atoms with E-state index in [1.807, 2.05) is 6.07 Å². The van der Waals surface area contributed by atoms with E-state index in [4.69, 9.17) is 39.0 Å². The molecule has 1 aromatic carbocycles. The molecule has 7 heteroatoms. The summed E-state index contributed by atoms with van der Waals surface area (Å²) in [5.74, 6) is 0. The zero-order valence-corrected chi connectivity index (χ0v) is 9.71. The van der Waals surface area contributed by atoms with Gasteiger partial charge in [0, 0.05) is 0 Å². The second-order valence-electron chi connectivity index (χ2n) is 2.72. The monoisotopic (exact) mass is 263 g/mol. The minimum absolute atomic E-state index is 0.174. The van der Waals surface area contributed by atoms with Gasteiger partial charge in [0.05, 0.1) is 27.4 Å². The Hall–Kier alpha value is -2.26. The van der Waals surface area contributed by atoms with Crippen molar-refractivity contribution in [3.8, 4) is 18.2 Å². The predicted molar refractivity (Wildman–Crippen MR) is 63.5 cm³/mol. The highest BCUT2D eigenvalue weighted by molar-refractivity contribution is 6.39. The summed E-state index contributed by atoms with van der Waals surface area (Å²) in [6.07, 6.45) is 0. The number of benzene rings is 1. The Bertz CT molecular complexity index is 562. The van der Waals surface area contributed by atoms with Crippen LogP contribution in [0.2, 0.25) is 10.0 Å². The van der Waals surface area contributed by atoms with E-state index in [2.05, 4.69) is 10.5 Å². The van der Waals surface area contributed by atoms with E-state index >= 15 is 0 Å². The fourth-order valence-corrected chi connectivity index (χ4v) is 1.50. The molecule has 0 radical (unpaired) electrons. The first kappa shape index (κ1) is 12.8. The molecule has 0 aliphatic carbocycles. The summed E-state index contributed by atoms with van der Waals surface area (Å²) < 4.78 is 0. The summed E-state index contributed by atoms with van der Waals surface area (Å²) in [6, 6.07) is 7.81. The molecule has 0 spiro atoms. The number of anilines is 1. The van der Waals surface area contributed by atoms with E-state index in [1.165, 1.54) is 12.1 Å². The standard InChI is InChI=1S/C10H3Cl2N5/c11-8-1-6(3-13)2-9(12)10(8)17-16-7(4-14)5-15/h1-2,17H. The molecule has 0 atom stereocenters. The second-order valence-corrected chi connectivity index (χ2v) is 3.54. The van der Waals surface area contributed by atoms with Gasteiger partial charge in [0.15, 0.2) is 0 Å². The van der Waals surface area contributed by atoms with Crippen molar-refractivity contribution in [3.63, 3.8) is 0 Å². The van der Waals surface area contributed by atoms with Crippen molar-refractivity contribution < 1.29 is 0 Å². The van der Waals surface area contributed by atoms with Gasteiger partial charge in [-0.1, -0.05) is 23.2 Å². The molecular formula is C10H3Cl2N5. The van der Waals surface area contributed by atoms with Crippen LogP contribution >= 0.6 is 23.2 Å². The first-order chi connectivity index (χ1) is 8.12. The molecule has 1 rings (SSSR count). The zero-order valence-electron chi connectivity index (χ0n) is 8.20. The Balaban J connectivity index is 3.11. The van der Waals surface area contributed by atoms with Crippen LogP contribution in [0.5, 0.6) is 0 Å². The van der Waals surface area contributed by atoms with E-state index in [-0.39, 0.29) is 21.4 Å². The smallest absolute Gasteiger partial charge is 0.237 e. The Kier molecular flexibility index (Phi) is 4.31. The summed E-state index contributed by atoms with van der Waals surface area (Å²) in [5, 5.41) is 29.5. The lowest BCUT2D eigenvalue weighted by molar-refractivity contribution is 1.33. The molecule has 17 heavy (non-hydrogen) atoms. The van der Waals surface area contributed by atoms with Gasteiger partial charge in [-0.15, -0.1) is 0 Å². The van der Waals surface area contributed by atoms with E-state index in [1.54, 1.807) is 12.1 Å². The molecule has 0 unspecified atom stereocenters. The third-order valence-electron chi connectivity index (χ3n) is 1.66. The Labute approximate surface area is 107 Å². The van der Waals surface area contributed by atoms with Gasteiger partial charge in [-0.2, -0.15) is 20.9 Å². The first-order valence-electron chi connectivity index (χ1n) is 4.15. The Morgan fingerprint density at radius 3 is 2.06 bits per heavy atom. The molecule has 0 amide bonds. The van der Waals surface area contributed by atoms with Gasteiger partial charge in [-0.05, 0) is 12.1 Å². The van der Waals surface area contributed by atoms with Crippen LogP contribution in [0.1, 0.15) is 5.56 Å². The molecule has 0 aromatic heterocycles. The lowest BCUT2D eigenvalue weighted by atomic mass is 10.2. The van der Waals surface area contributed by atoms with E-state index in [0.29, 0.717) is 5.56 Å². The van der Waals surface area contributed by atoms with Gasteiger partial charge in [-0.25, -0.2) is 0 Å². The SMILES string of the molecule is N#CC(C#N)=NNc1c(Cl)cc(C#N)cc1Cl. The van der Waals surface area contributed by atoms with Crippen LogP contribution in [0.3, 0.4) is 0 Å². The summed E-state index contributed by atoms with van der Waals surface area (Å²) in [5.41, 5.74) is 2.58. The molecule has 0 aliphatic heterocycles. The van der Waals surface area contributed by atoms with Crippen LogP contribution in [0, 0.1) is 34.0 Å². The van der Waals surface area contributed by atoms with Crippen LogP contribution in [0.4, 0.5) is 5.69 Å². The maximum atomic E-state index is 8.67. The number of hydrogen-bond acceptors (Lipinski definition) is 5. The molecule has 0 bridgehead atoms. The van der Waals surface area contributed by atoms with Crippen LogP contribution < -0.4 is 5.43 Å². The van der Waals surface area contributed by atoms with Crippen molar-refractivity contribution in [1.82, 2.24) is 0 Å². The molecule has 0 saturated heterocycles. The second kappa shape index (κ2) is 5.72. The summed E-state index contributed by atoms with van der Waals surface area (Å²) in [7, 11) is 0. The average molecular weight is 264 g/mol. The first-order valence-corrected chi connectivity index (χ1v) is 4.91.